The molecule has 1 aromatic heterocycles. The summed E-state index contributed by atoms with van der Waals surface area (Å²) in [5, 5.41) is 3.37. The maximum atomic E-state index is 12.5. The lowest BCUT2D eigenvalue weighted by atomic mass is 9.85. The predicted octanol–water partition coefficient (Wildman–Crippen LogP) is 3.18. The SMILES string of the molecule is O=C1CCCC2=C1C(c1ccccc1)N=C(c1cccnc1)N2. The van der Waals surface area contributed by atoms with Crippen molar-refractivity contribution in [3.63, 3.8) is 0 Å². The molecule has 4 heteroatoms. The highest BCUT2D eigenvalue weighted by molar-refractivity contribution is 6.05. The summed E-state index contributed by atoms with van der Waals surface area (Å²) < 4.78 is 0. The Labute approximate surface area is 135 Å². The van der Waals surface area contributed by atoms with Crippen molar-refractivity contribution in [2.45, 2.75) is 25.3 Å². The average molecular weight is 303 g/mol. The summed E-state index contributed by atoms with van der Waals surface area (Å²) in [7, 11) is 0. The molecule has 2 aliphatic rings. The van der Waals surface area contributed by atoms with Gasteiger partial charge in [0.1, 0.15) is 11.9 Å². The Morgan fingerprint density at radius 2 is 1.91 bits per heavy atom. The van der Waals surface area contributed by atoms with Gasteiger partial charge in [-0.2, -0.15) is 0 Å². The van der Waals surface area contributed by atoms with Gasteiger partial charge in [-0.05, 0) is 30.5 Å². The highest BCUT2D eigenvalue weighted by Gasteiger charge is 2.32. The predicted molar refractivity (Wildman–Crippen MR) is 89.0 cm³/mol. The molecule has 0 radical (unpaired) electrons. The Kier molecular flexibility index (Phi) is 3.50. The van der Waals surface area contributed by atoms with Crippen LogP contribution < -0.4 is 5.32 Å². The van der Waals surface area contributed by atoms with Crippen LogP contribution in [0.2, 0.25) is 0 Å². The third-order valence-corrected chi connectivity index (χ3v) is 4.31. The fourth-order valence-corrected chi connectivity index (χ4v) is 3.21. The summed E-state index contributed by atoms with van der Waals surface area (Å²) in [6.45, 7) is 0. The van der Waals surface area contributed by atoms with Gasteiger partial charge in [0.05, 0.1) is 0 Å². The molecule has 0 spiro atoms. The summed E-state index contributed by atoms with van der Waals surface area (Å²) in [5.74, 6) is 1.00. The van der Waals surface area contributed by atoms with Crippen molar-refractivity contribution in [1.82, 2.24) is 10.3 Å². The maximum Gasteiger partial charge on any atom is 0.163 e. The summed E-state index contributed by atoms with van der Waals surface area (Å²) in [6.07, 6.45) is 5.94. The van der Waals surface area contributed by atoms with Gasteiger partial charge in [-0.25, -0.2) is 0 Å². The minimum absolute atomic E-state index is 0.210. The fraction of sp³-hybridized carbons (Fsp3) is 0.211. The van der Waals surface area contributed by atoms with Gasteiger partial charge >= 0.3 is 0 Å². The fourth-order valence-electron chi connectivity index (χ4n) is 3.21. The summed E-state index contributed by atoms with van der Waals surface area (Å²) in [5.41, 5.74) is 3.84. The van der Waals surface area contributed by atoms with Crippen LogP contribution in [0.25, 0.3) is 0 Å². The van der Waals surface area contributed by atoms with E-state index < -0.39 is 0 Å². The molecule has 0 saturated heterocycles. The summed E-state index contributed by atoms with van der Waals surface area (Å²) in [4.78, 5) is 21.5. The molecule has 1 aromatic carbocycles. The molecule has 1 aliphatic heterocycles. The number of pyridine rings is 1. The van der Waals surface area contributed by atoms with E-state index in [0.29, 0.717) is 6.42 Å². The van der Waals surface area contributed by atoms with Crippen molar-refractivity contribution < 1.29 is 4.79 Å². The summed E-state index contributed by atoms with van der Waals surface area (Å²) in [6, 6.07) is 13.7. The molecular weight excluding hydrogens is 286 g/mol. The molecule has 23 heavy (non-hydrogen) atoms. The number of rotatable bonds is 2. The van der Waals surface area contributed by atoms with E-state index in [2.05, 4.69) is 10.3 Å². The molecule has 2 aromatic rings. The van der Waals surface area contributed by atoms with Crippen molar-refractivity contribution in [1.29, 1.82) is 0 Å². The van der Waals surface area contributed by atoms with E-state index in [9.17, 15) is 4.79 Å². The van der Waals surface area contributed by atoms with Crippen molar-refractivity contribution in [3.8, 4) is 0 Å². The average Bonchev–Trinajstić information content (AvgIpc) is 2.62. The monoisotopic (exact) mass is 303 g/mol. The zero-order chi connectivity index (χ0) is 15.6. The second-order valence-corrected chi connectivity index (χ2v) is 5.83. The normalized spacial score (nSPS) is 20.6. The zero-order valence-electron chi connectivity index (χ0n) is 12.7. The number of benzene rings is 1. The standard InChI is InChI=1S/C19H17N3O/c23-16-10-4-9-15-17(16)18(13-6-2-1-3-7-13)22-19(21-15)14-8-5-11-20-12-14/h1-3,5-8,11-12,18H,4,9-10H2,(H,21,22). The van der Waals surface area contributed by atoms with Crippen LogP contribution in [-0.4, -0.2) is 16.6 Å². The largest absolute Gasteiger partial charge is 0.343 e. The molecule has 1 aliphatic carbocycles. The first-order valence-electron chi connectivity index (χ1n) is 7.89. The maximum absolute atomic E-state index is 12.5. The molecule has 2 heterocycles. The highest BCUT2D eigenvalue weighted by Crippen LogP contribution is 2.36. The summed E-state index contributed by atoms with van der Waals surface area (Å²) >= 11 is 0. The lowest BCUT2D eigenvalue weighted by Gasteiger charge is -2.30. The number of nitrogens with one attached hydrogen (secondary N) is 1. The second kappa shape index (κ2) is 5.80. The van der Waals surface area contributed by atoms with E-state index in [0.717, 1.165) is 41.1 Å². The Hall–Kier alpha value is -2.75. The quantitative estimate of drug-likeness (QED) is 0.927. The number of carbonyl (C=O) groups excluding carboxylic acids is 1. The molecule has 0 saturated carbocycles. The van der Waals surface area contributed by atoms with E-state index in [1.54, 1.807) is 12.4 Å². The van der Waals surface area contributed by atoms with Gasteiger partial charge in [-0.3, -0.25) is 14.8 Å². The Bertz CT molecular complexity index is 794. The number of aliphatic imine (C=N–C) groups is 1. The molecule has 4 nitrogen and oxygen atoms in total. The third kappa shape index (κ3) is 2.57. The van der Waals surface area contributed by atoms with Crippen LogP contribution in [0.3, 0.4) is 0 Å². The number of nitrogens with zero attached hydrogens (tertiary/aromatic N) is 2. The van der Waals surface area contributed by atoms with Crippen molar-refractivity contribution in [2.75, 3.05) is 0 Å². The lowest BCUT2D eigenvalue weighted by Crippen LogP contribution is -2.35. The molecule has 114 valence electrons. The van der Waals surface area contributed by atoms with Crippen LogP contribution in [0.4, 0.5) is 0 Å². The number of hydrogen-bond acceptors (Lipinski definition) is 4. The van der Waals surface area contributed by atoms with Crippen LogP contribution in [0.15, 0.2) is 71.1 Å². The van der Waals surface area contributed by atoms with Crippen molar-refractivity contribution >= 4 is 11.6 Å². The first kappa shape index (κ1) is 13.9. The number of ketones is 1. The van der Waals surface area contributed by atoms with Crippen LogP contribution in [0.5, 0.6) is 0 Å². The number of aromatic nitrogens is 1. The first-order valence-corrected chi connectivity index (χ1v) is 7.89. The third-order valence-electron chi connectivity index (χ3n) is 4.31. The first-order chi connectivity index (χ1) is 11.3. The van der Waals surface area contributed by atoms with E-state index in [4.69, 9.17) is 4.99 Å². The van der Waals surface area contributed by atoms with Gasteiger partial charge in [0.25, 0.3) is 0 Å². The highest BCUT2D eigenvalue weighted by atomic mass is 16.1. The molecule has 4 rings (SSSR count). The Morgan fingerprint density at radius 1 is 1.04 bits per heavy atom. The number of allylic oxidation sites excluding steroid dienone is 1. The van der Waals surface area contributed by atoms with Crippen LogP contribution in [-0.2, 0) is 4.79 Å². The van der Waals surface area contributed by atoms with Crippen molar-refractivity contribution in [3.05, 3.63) is 77.3 Å². The van der Waals surface area contributed by atoms with Crippen LogP contribution in [0, 0.1) is 0 Å². The van der Waals surface area contributed by atoms with Gasteiger partial charge in [0.15, 0.2) is 5.78 Å². The molecule has 0 fully saturated rings. The zero-order valence-corrected chi connectivity index (χ0v) is 12.7. The van der Waals surface area contributed by atoms with Gasteiger partial charge in [-0.15, -0.1) is 0 Å². The van der Waals surface area contributed by atoms with Crippen LogP contribution in [0.1, 0.15) is 36.4 Å². The lowest BCUT2D eigenvalue weighted by molar-refractivity contribution is -0.116. The molecule has 0 bridgehead atoms. The number of hydrogen-bond donors (Lipinski definition) is 1. The molecule has 1 atom stereocenters. The number of amidine groups is 1. The minimum Gasteiger partial charge on any atom is -0.343 e. The number of carbonyl (C=O) groups is 1. The van der Waals surface area contributed by atoms with E-state index in [-0.39, 0.29) is 11.8 Å². The van der Waals surface area contributed by atoms with Gasteiger partial charge in [-0.1, -0.05) is 30.3 Å². The number of Topliss-reactive ketones (excluding diaryl/α,β-unsaturated/α-hetero) is 1. The van der Waals surface area contributed by atoms with E-state index >= 15 is 0 Å². The van der Waals surface area contributed by atoms with Gasteiger partial charge in [0.2, 0.25) is 0 Å². The van der Waals surface area contributed by atoms with E-state index in [1.807, 2.05) is 42.5 Å². The van der Waals surface area contributed by atoms with Gasteiger partial charge < -0.3 is 5.32 Å². The molecule has 1 unspecified atom stereocenters. The van der Waals surface area contributed by atoms with Crippen LogP contribution >= 0.6 is 0 Å². The Balaban J connectivity index is 1.83. The molecule has 1 N–H and O–H groups in total. The van der Waals surface area contributed by atoms with Gasteiger partial charge in [0, 0.05) is 35.6 Å². The topological polar surface area (TPSA) is 54.4 Å². The smallest absolute Gasteiger partial charge is 0.163 e. The Morgan fingerprint density at radius 3 is 2.70 bits per heavy atom. The minimum atomic E-state index is -0.226. The molecular formula is C19H17N3O. The second-order valence-electron chi connectivity index (χ2n) is 5.83. The van der Waals surface area contributed by atoms with Crippen molar-refractivity contribution in [2.24, 2.45) is 4.99 Å². The van der Waals surface area contributed by atoms with E-state index in [1.165, 1.54) is 0 Å². The molecule has 0 amide bonds.